The number of aromatic nitrogens is 3. The van der Waals surface area contributed by atoms with Gasteiger partial charge < -0.3 is 10.3 Å². The molecule has 2 heterocycles. The quantitative estimate of drug-likeness (QED) is 0.793. The van der Waals surface area contributed by atoms with Crippen molar-refractivity contribution in [2.45, 2.75) is 12.8 Å². The second-order valence-electron chi connectivity index (χ2n) is 5.77. The smallest absolute Gasteiger partial charge is 0.220 e. The molecule has 0 unspecified atom stereocenters. The zero-order valence-electron chi connectivity index (χ0n) is 13.2. The highest BCUT2D eigenvalue weighted by atomic mass is 16.5. The van der Waals surface area contributed by atoms with E-state index in [1.807, 2.05) is 55.5 Å². The topological polar surface area (TPSA) is 77.8 Å². The molecular weight excluding hydrogens is 300 g/mol. The Morgan fingerprint density at radius 2 is 1.71 bits per heavy atom. The Morgan fingerprint density at radius 3 is 2.46 bits per heavy atom. The highest BCUT2D eigenvalue weighted by molar-refractivity contribution is 5.65. The first kappa shape index (κ1) is 14.4. The molecule has 5 heteroatoms. The fraction of sp³-hybridized carbons (Fsp3) is 0.105. The Morgan fingerprint density at radius 1 is 0.958 bits per heavy atom. The minimum Gasteiger partial charge on any atom is -0.368 e. The van der Waals surface area contributed by atoms with E-state index >= 15 is 0 Å². The maximum atomic E-state index is 5.87. The fourth-order valence-corrected chi connectivity index (χ4v) is 2.67. The van der Waals surface area contributed by atoms with E-state index in [1.165, 1.54) is 5.56 Å². The maximum Gasteiger partial charge on any atom is 0.220 e. The summed E-state index contributed by atoms with van der Waals surface area (Å²) in [6.07, 6.45) is 8.11. The minimum atomic E-state index is 0.123. The largest absolute Gasteiger partial charge is 0.368 e. The summed E-state index contributed by atoms with van der Waals surface area (Å²) in [4.78, 5) is 8.61. The van der Waals surface area contributed by atoms with Crippen LogP contribution < -0.4 is 5.73 Å². The van der Waals surface area contributed by atoms with E-state index in [1.54, 1.807) is 0 Å². The van der Waals surface area contributed by atoms with Crippen LogP contribution in [-0.4, -0.2) is 15.1 Å². The molecule has 0 spiro atoms. The molecular formula is C19H16N4O. The number of anilines is 1. The number of hydrogen-bond acceptors (Lipinski definition) is 5. The molecule has 0 saturated carbocycles. The first-order chi connectivity index (χ1) is 11.7. The van der Waals surface area contributed by atoms with Gasteiger partial charge in [0.15, 0.2) is 5.76 Å². The van der Waals surface area contributed by atoms with Gasteiger partial charge in [0.2, 0.25) is 5.95 Å². The van der Waals surface area contributed by atoms with Gasteiger partial charge in [-0.1, -0.05) is 59.3 Å². The third-order valence-corrected chi connectivity index (χ3v) is 3.96. The van der Waals surface area contributed by atoms with E-state index in [0.29, 0.717) is 17.1 Å². The molecule has 4 rings (SSSR count). The highest BCUT2D eigenvalue weighted by Gasteiger charge is 2.15. The van der Waals surface area contributed by atoms with Gasteiger partial charge in [0.05, 0.1) is 11.4 Å². The van der Waals surface area contributed by atoms with E-state index in [9.17, 15) is 0 Å². The van der Waals surface area contributed by atoms with Crippen LogP contribution in [-0.2, 0) is 0 Å². The van der Waals surface area contributed by atoms with Crippen LogP contribution in [0.15, 0.2) is 65.2 Å². The monoisotopic (exact) mass is 316 g/mol. The first-order valence-electron chi connectivity index (χ1n) is 7.72. The number of benzene rings is 1. The van der Waals surface area contributed by atoms with Gasteiger partial charge in [-0.05, 0) is 13.0 Å². The van der Waals surface area contributed by atoms with E-state index in [2.05, 4.69) is 27.3 Å². The third-order valence-electron chi connectivity index (χ3n) is 3.96. The molecule has 0 aliphatic heterocycles. The summed E-state index contributed by atoms with van der Waals surface area (Å²) in [7, 11) is 0. The SMILES string of the molecule is Cc1ccc(-c2cc(-c3cc(C4C=CC=C4)nc(N)n3)no2)cc1. The van der Waals surface area contributed by atoms with Crippen LogP contribution in [0.25, 0.3) is 22.7 Å². The lowest BCUT2D eigenvalue weighted by molar-refractivity contribution is 0.434. The van der Waals surface area contributed by atoms with Crippen molar-refractivity contribution in [3.63, 3.8) is 0 Å². The molecule has 0 amide bonds. The van der Waals surface area contributed by atoms with E-state index in [-0.39, 0.29) is 11.9 Å². The Labute approximate surface area is 139 Å². The second-order valence-corrected chi connectivity index (χ2v) is 5.77. The van der Waals surface area contributed by atoms with Gasteiger partial charge in [-0.3, -0.25) is 0 Å². The van der Waals surface area contributed by atoms with Crippen molar-refractivity contribution in [3.8, 4) is 22.7 Å². The van der Waals surface area contributed by atoms with Gasteiger partial charge in [0, 0.05) is 17.5 Å². The van der Waals surface area contributed by atoms with Crippen LogP contribution in [0.2, 0.25) is 0 Å². The lowest BCUT2D eigenvalue weighted by Crippen LogP contribution is -2.02. The van der Waals surface area contributed by atoms with Crippen LogP contribution in [0, 0.1) is 6.92 Å². The van der Waals surface area contributed by atoms with Gasteiger partial charge >= 0.3 is 0 Å². The normalized spacial score (nSPS) is 13.7. The van der Waals surface area contributed by atoms with E-state index in [0.717, 1.165) is 11.3 Å². The van der Waals surface area contributed by atoms with E-state index in [4.69, 9.17) is 10.3 Å². The summed E-state index contributed by atoms with van der Waals surface area (Å²) in [6.45, 7) is 2.05. The number of allylic oxidation sites excluding steroid dienone is 4. The second kappa shape index (κ2) is 5.77. The maximum absolute atomic E-state index is 5.87. The molecule has 3 aromatic rings. The van der Waals surface area contributed by atoms with Crippen molar-refractivity contribution < 1.29 is 4.52 Å². The summed E-state index contributed by atoms with van der Waals surface area (Å²) < 4.78 is 5.47. The highest BCUT2D eigenvalue weighted by Crippen LogP contribution is 2.28. The zero-order valence-corrected chi connectivity index (χ0v) is 13.2. The molecule has 0 bridgehead atoms. The summed E-state index contributed by atoms with van der Waals surface area (Å²) >= 11 is 0. The standard InChI is InChI=1S/C19H16N4O/c1-12-6-8-14(9-7-12)18-11-17(23-24-18)16-10-15(21-19(20)22-16)13-4-2-3-5-13/h2-11,13H,1H3,(H2,20,21,22). The van der Waals surface area contributed by atoms with Crippen molar-refractivity contribution >= 4 is 5.95 Å². The number of nitrogen functional groups attached to an aromatic ring is 1. The number of hydrogen-bond donors (Lipinski definition) is 1. The summed E-state index contributed by atoms with van der Waals surface area (Å²) in [5, 5.41) is 4.14. The lowest BCUT2D eigenvalue weighted by atomic mass is 10.1. The molecule has 1 aliphatic carbocycles. The third kappa shape index (κ3) is 2.72. The Bertz CT molecular complexity index is 926. The summed E-state index contributed by atoms with van der Waals surface area (Å²) in [6, 6.07) is 11.9. The summed E-state index contributed by atoms with van der Waals surface area (Å²) in [5.41, 5.74) is 10.2. The first-order valence-corrected chi connectivity index (χ1v) is 7.72. The van der Waals surface area contributed by atoms with Crippen molar-refractivity contribution in [1.82, 2.24) is 15.1 Å². The molecule has 0 atom stereocenters. The van der Waals surface area contributed by atoms with Crippen molar-refractivity contribution in [2.75, 3.05) is 5.73 Å². The average molecular weight is 316 g/mol. The van der Waals surface area contributed by atoms with Gasteiger partial charge in [0.1, 0.15) is 5.69 Å². The van der Waals surface area contributed by atoms with E-state index < -0.39 is 0 Å². The number of rotatable bonds is 3. The molecule has 24 heavy (non-hydrogen) atoms. The van der Waals surface area contributed by atoms with Gasteiger partial charge in [-0.15, -0.1) is 0 Å². The molecule has 1 aromatic carbocycles. The minimum absolute atomic E-state index is 0.123. The molecule has 5 nitrogen and oxygen atoms in total. The molecule has 0 fully saturated rings. The molecule has 118 valence electrons. The molecule has 0 radical (unpaired) electrons. The number of aryl methyl sites for hydroxylation is 1. The average Bonchev–Trinajstić information content (AvgIpc) is 3.27. The van der Waals surface area contributed by atoms with Crippen LogP contribution in [0.1, 0.15) is 17.2 Å². The molecule has 2 aromatic heterocycles. The van der Waals surface area contributed by atoms with Crippen LogP contribution in [0.5, 0.6) is 0 Å². The van der Waals surface area contributed by atoms with Gasteiger partial charge in [-0.2, -0.15) is 0 Å². The van der Waals surface area contributed by atoms with Gasteiger partial charge in [0.25, 0.3) is 0 Å². The summed E-state index contributed by atoms with van der Waals surface area (Å²) in [5.74, 6) is 1.05. The Balaban J connectivity index is 1.70. The van der Waals surface area contributed by atoms with Crippen LogP contribution in [0.4, 0.5) is 5.95 Å². The Hall–Kier alpha value is -3.21. The van der Waals surface area contributed by atoms with Crippen molar-refractivity contribution in [3.05, 3.63) is 72.0 Å². The van der Waals surface area contributed by atoms with Crippen molar-refractivity contribution in [1.29, 1.82) is 0 Å². The van der Waals surface area contributed by atoms with Crippen molar-refractivity contribution in [2.24, 2.45) is 0 Å². The Kier molecular flexibility index (Phi) is 3.46. The fourth-order valence-electron chi connectivity index (χ4n) is 2.67. The molecule has 0 saturated heterocycles. The predicted octanol–water partition coefficient (Wildman–Crippen LogP) is 3.90. The lowest BCUT2D eigenvalue weighted by Gasteiger charge is -2.07. The molecule has 2 N–H and O–H groups in total. The van der Waals surface area contributed by atoms with Crippen LogP contribution >= 0.6 is 0 Å². The molecule has 1 aliphatic rings. The van der Waals surface area contributed by atoms with Gasteiger partial charge in [-0.25, -0.2) is 9.97 Å². The predicted molar refractivity (Wildman–Crippen MR) is 93.1 cm³/mol. The number of nitrogens with two attached hydrogens (primary N) is 1. The number of nitrogens with zero attached hydrogens (tertiary/aromatic N) is 3. The zero-order chi connectivity index (χ0) is 16.5. The van der Waals surface area contributed by atoms with Crippen LogP contribution in [0.3, 0.4) is 0 Å².